The summed E-state index contributed by atoms with van der Waals surface area (Å²) < 4.78 is 7.12. The smallest absolute Gasteiger partial charge is 0.192 e. The van der Waals surface area contributed by atoms with Crippen molar-refractivity contribution in [2.75, 3.05) is 20.3 Å². The molecule has 7 heteroatoms. The lowest BCUT2D eigenvalue weighted by Gasteiger charge is -2.22. The van der Waals surface area contributed by atoms with Crippen LogP contribution in [0, 0.1) is 6.92 Å². The molecule has 3 rings (SSSR count). The Bertz CT molecular complexity index is 829. The van der Waals surface area contributed by atoms with E-state index in [4.69, 9.17) is 9.73 Å². The average Bonchev–Trinajstić information content (AvgIpc) is 3.06. The van der Waals surface area contributed by atoms with Gasteiger partial charge in [0.25, 0.3) is 0 Å². The maximum atomic E-state index is 5.15. The summed E-state index contributed by atoms with van der Waals surface area (Å²) in [6.45, 7) is 6.13. The van der Waals surface area contributed by atoms with Crippen LogP contribution < -0.4 is 10.6 Å². The molecular weight excluding hydrogens is 364 g/mol. The normalized spacial score (nSPS) is 15.1. The first-order valence-corrected chi connectivity index (χ1v) is 10.6. The molecule has 1 aliphatic carbocycles. The van der Waals surface area contributed by atoms with Crippen LogP contribution in [-0.4, -0.2) is 41.0 Å². The molecule has 1 heterocycles. The zero-order valence-electron chi connectivity index (χ0n) is 18.2. The fraction of sp³-hybridized carbons (Fsp3) is 0.591. The zero-order valence-corrected chi connectivity index (χ0v) is 18.2. The maximum absolute atomic E-state index is 5.15. The predicted octanol–water partition coefficient (Wildman–Crippen LogP) is 2.84. The van der Waals surface area contributed by atoms with Crippen LogP contribution in [0.1, 0.15) is 60.6 Å². The lowest BCUT2D eigenvalue weighted by Crippen LogP contribution is -2.39. The number of rotatable bonds is 8. The van der Waals surface area contributed by atoms with Crippen molar-refractivity contribution in [2.24, 2.45) is 12.0 Å². The van der Waals surface area contributed by atoms with Gasteiger partial charge in [0.1, 0.15) is 12.4 Å². The molecule has 0 fully saturated rings. The molecule has 0 aliphatic heterocycles. The predicted molar refractivity (Wildman–Crippen MR) is 116 cm³/mol. The molecule has 1 aliphatic rings. The number of nitrogens with one attached hydrogen (secondary N) is 2. The summed E-state index contributed by atoms with van der Waals surface area (Å²) in [5, 5.41) is 15.3. The van der Waals surface area contributed by atoms with Gasteiger partial charge in [-0.2, -0.15) is 0 Å². The topological polar surface area (TPSA) is 76.4 Å². The van der Waals surface area contributed by atoms with E-state index in [0.29, 0.717) is 6.54 Å². The van der Waals surface area contributed by atoms with Crippen LogP contribution in [0.25, 0.3) is 0 Å². The van der Waals surface area contributed by atoms with E-state index < -0.39 is 0 Å². The monoisotopic (exact) mass is 398 g/mol. The minimum atomic E-state index is 0.164. The van der Waals surface area contributed by atoms with Gasteiger partial charge in [-0.1, -0.05) is 18.2 Å². The van der Waals surface area contributed by atoms with Gasteiger partial charge in [-0.15, -0.1) is 10.2 Å². The maximum Gasteiger partial charge on any atom is 0.192 e. The number of aromatic nitrogens is 3. The van der Waals surface area contributed by atoms with Crippen molar-refractivity contribution in [3.63, 3.8) is 0 Å². The Hall–Kier alpha value is -2.41. The molecule has 0 saturated carbocycles. The molecule has 1 unspecified atom stereocenters. The molecule has 1 aromatic heterocycles. The molecule has 0 amide bonds. The largest absolute Gasteiger partial charge is 0.385 e. The number of aliphatic imine (C=N–C) groups is 1. The molecule has 1 atom stereocenters. The van der Waals surface area contributed by atoms with Gasteiger partial charge < -0.3 is 19.9 Å². The van der Waals surface area contributed by atoms with Gasteiger partial charge in [-0.3, -0.25) is 0 Å². The fourth-order valence-corrected chi connectivity index (χ4v) is 3.63. The Balaban J connectivity index is 1.69. The average molecular weight is 399 g/mol. The van der Waals surface area contributed by atoms with Gasteiger partial charge in [0, 0.05) is 27.3 Å². The number of nitrogens with zero attached hydrogens (tertiary/aromatic N) is 4. The van der Waals surface area contributed by atoms with Crippen molar-refractivity contribution >= 4 is 5.96 Å². The number of ether oxygens (including phenoxy) is 1. The number of aryl methyl sites for hydroxylation is 3. The van der Waals surface area contributed by atoms with E-state index in [9.17, 15) is 0 Å². The Kier molecular flexibility index (Phi) is 7.63. The van der Waals surface area contributed by atoms with Crippen LogP contribution in [0.3, 0.4) is 0 Å². The lowest BCUT2D eigenvalue weighted by molar-refractivity contribution is 0.195. The number of benzene rings is 1. The lowest BCUT2D eigenvalue weighted by atomic mass is 9.89. The first-order valence-electron chi connectivity index (χ1n) is 10.6. The standard InChI is InChI=1S/C22H34N6O/c1-16(19-11-10-18-8-5-6-9-20(18)14-19)25-22(23-12-7-13-29-4)24-15-21-27-26-17(2)28(21)3/h10-11,14,16H,5-9,12-13,15H2,1-4H3,(H2,23,24,25). The SMILES string of the molecule is COCCCNC(=NCc1nnc(C)n1C)NC(C)c1ccc2c(c1)CCCC2. The van der Waals surface area contributed by atoms with Gasteiger partial charge in [0.2, 0.25) is 0 Å². The van der Waals surface area contributed by atoms with Crippen molar-refractivity contribution in [1.29, 1.82) is 0 Å². The Morgan fingerprint density at radius 3 is 2.76 bits per heavy atom. The van der Waals surface area contributed by atoms with E-state index in [1.165, 1.54) is 42.4 Å². The van der Waals surface area contributed by atoms with Gasteiger partial charge >= 0.3 is 0 Å². The van der Waals surface area contributed by atoms with Crippen LogP contribution in [0.5, 0.6) is 0 Å². The van der Waals surface area contributed by atoms with E-state index in [-0.39, 0.29) is 6.04 Å². The molecule has 0 saturated heterocycles. The van der Waals surface area contributed by atoms with E-state index >= 15 is 0 Å². The second kappa shape index (κ2) is 10.4. The van der Waals surface area contributed by atoms with Crippen LogP contribution in [-0.2, 0) is 31.2 Å². The molecular formula is C22H34N6O. The number of fused-ring (bicyclic) bond motifs is 1. The summed E-state index contributed by atoms with van der Waals surface area (Å²) in [4.78, 5) is 4.75. The quantitative estimate of drug-likeness (QED) is 0.406. The second-order valence-corrected chi connectivity index (χ2v) is 7.76. The van der Waals surface area contributed by atoms with Crippen LogP contribution in [0.4, 0.5) is 0 Å². The minimum Gasteiger partial charge on any atom is -0.385 e. The van der Waals surface area contributed by atoms with E-state index in [1.54, 1.807) is 7.11 Å². The highest BCUT2D eigenvalue weighted by atomic mass is 16.5. The minimum absolute atomic E-state index is 0.164. The Morgan fingerprint density at radius 1 is 1.24 bits per heavy atom. The molecule has 2 N–H and O–H groups in total. The highest BCUT2D eigenvalue weighted by Gasteiger charge is 2.14. The van der Waals surface area contributed by atoms with Gasteiger partial charge in [0.15, 0.2) is 11.8 Å². The van der Waals surface area contributed by atoms with Crippen LogP contribution in [0.15, 0.2) is 23.2 Å². The van der Waals surface area contributed by atoms with Crippen molar-refractivity contribution in [2.45, 2.75) is 58.5 Å². The summed E-state index contributed by atoms with van der Waals surface area (Å²) in [5.41, 5.74) is 4.31. The number of guanidine groups is 1. The van der Waals surface area contributed by atoms with E-state index in [1.807, 2.05) is 18.5 Å². The first kappa shape index (κ1) is 21.3. The van der Waals surface area contributed by atoms with Crippen LogP contribution in [0.2, 0.25) is 0 Å². The Morgan fingerprint density at radius 2 is 2.03 bits per heavy atom. The summed E-state index contributed by atoms with van der Waals surface area (Å²) in [5.74, 6) is 2.52. The van der Waals surface area contributed by atoms with Gasteiger partial charge in [-0.05, 0) is 62.6 Å². The molecule has 0 spiro atoms. The highest BCUT2D eigenvalue weighted by molar-refractivity contribution is 5.80. The molecule has 0 bridgehead atoms. The first-order chi connectivity index (χ1) is 14.1. The summed E-state index contributed by atoms with van der Waals surface area (Å²) >= 11 is 0. The second-order valence-electron chi connectivity index (χ2n) is 7.76. The van der Waals surface area contributed by atoms with Gasteiger partial charge in [0.05, 0.1) is 6.04 Å². The summed E-state index contributed by atoms with van der Waals surface area (Å²) in [7, 11) is 3.69. The zero-order chi connectivity index (χ0) is 20.6. The fourth-order valence-electron chi connectivity index (χ4n) is 3.63. The van der Waals surface area contributed by atoms with E-state index in [2.05, 4.69) is 46.0 Å². The third-order valence-corrected chi connectivity index (χ3v) is 5.60. The third kappa shape index (κ3) is 5.79. The van der Waals surface area contributed by atoms with Gasteiger partial charge in [-0.25, -0.2) is 4.99 Å². The van der Waals surface area contributed by atoms with Crippen molar-refractivity contribution in [1.82, 2.24) is 25.4 Å². The molecule has 7 nitrogen and oxygen atoms in total. The molecule has 29 heavy (non-hydrogen) atoms. The summed E-state index contributed by atoms with van der Waals surface area (Å²) in [6.07, 6.45) is 5.93. The molecule has 0 radical (unpaired) electrons. The molecule has 158 valence electrons. The number of methoxy groups -OCH3 is 1. The molecule has 1 aromatic carbocycles. The van der Waals surface area contributed by atoms with Crippen LogP contribution >= 0.6 is 0 Å². The molecule has 2 aromatic rings. The summed E-state index contributed by atoms with van der Waals surface area (Å²) in [6, 6.07) is 7.07. The highest BCUT2D eigenvalue weighted by Crippen LogP contribution is 2.24. The number of hydrogen-bond acceptors (Lipinski definition) is 4. The van der Waals surface area contributed by atoms with Crippen molar-refractivity contribution < 1.29 is 4.74 Å². The third-order valence-electron chi connectivity index (χ3n) is 5.60. The van der Waals surface area contributed by atoms with Crippen molar-refractivity contribution in [3.05, 3.63) is 46.5 Å². The number of hydrogen-bond donors (Lipinski definition) is 2. The van der Waals surface area contributed by atoms with E-state index in [0.717, 1.165) is 37.2 Å². The van der Waals surface area contributed by atoms with Crippen molar-refractivity contribution in [3.8, 4) is 0 Å². The Labute approximate surface area is 174 Å².